The minimum Gasteiger partial charge on any atom is -0.0651 e. The molecule has 0 heterocycles. The molecule has 12 heavy (non-hydrogen) atoms. The Morgan fingerprint density at radius 1 is 1.25 bits per heavy atom. The Hall–Kier alpha value is 0. The van der Waals surface area contributed by atoms with E-state index in [1.54, 1.807) is 25.7 Å². The molecule has 2 saturated carbocycles. The first kappa shape index (κ1) is 8.59. The molecule has 2 bridgehead atoms. The molecule has 0 aromatic rings. The molecular formula is C12H22. The van der Waals surface area contributed by atoms with Gasteiger partial charge in [-0.05, 0) is 49.4 Å². The lowest BCUT2D eigenvalue weighted by Crippen LogP contribution is -2.13. The van der Waals surface area contributed by atoms with Gasteiger partial charge < -0.3 is 0 Å². The number of rotatable bonds is 3. The lowest BCUT2D eigenvalue weighted by atomic mass is 9.82. The fourth-order valence-electron chi connectivity index (χ4n) is 3.35. The predicted molar refractivity (Wildman–Crippen MR) is 53.0 cm³/mol. The third kappa shape index (κ3) is 1.53. The predicted octanol–water partition coefficient (Wildman–Crippen LogP) is 3.86. The molecule has 2 fully saturated rings. The van der Waals surface area contributed by atoms with Crippen LogP contribution >= 0.6 is 0 Å². The van der Waals surface area contributed by atoms with Crippen molar-refractivity contribution in [3.05, 3.63) is 0 Å². The SMILES string of the molecule is CCC(C)CC1CC2CCC1C2. The first-order valence-corrected chi connectivity index (χ1v) is 5.79. The molecular weight excluding hydrogens is 144 g/mol. The highest BCUT2D eigenvalue weighted by Crippen LogP contribution is 2.50. The standard InChI is InChI=1S/C12H22/c1-3-9(2)6-12-8-10-4-5-11(12)7-10/h9-12H,3-8H2,1-2H3. The molecule has 0 aromatic carbocycles. The van der Waals surface area contributed by atoms with Gasteiger partial charge in [0.05, 0.1) is 0 Å². The Morgan fingerprint density at radius 2 is 2.08 bits per heavy atom. The van der Waals surface area contributed by atoms with Crippen molar-refractivity contribution in [1.29, 1.82) is 0 Å². The zero-order valence-corrected chi connectivity index (χ0v) is 8.55. The summed E-state index contributed by atoms with van der Waals surface area (Å²) < 4.78 is 0. The molecule has 0 aromatic heterocycles. The van der Waals surface area contributed by atoms with Gasteiger partial charge in [0, 0.05) is 0 Å². The van der Waals surface area contributed by atoms with E-state index in [0.717, 1.165) is 23.7 Å². The largest absolute Gasteiger partial charge is 0.0651 e. The van der Waals surface area contributed by atoms with Crippen LogP contribution in [0, 0.1) is 23.7 Å². The summed E-state index contributed by atoms with van der Waals surface area (Å²) >= 11 is 0. The lowest BCUT2D eigenvalue weighted by Gasteiger charge is -2.24. The molecule has 0 heteroatoms. The van der Waals surface area contributed by atoms with E-state index in [9.17, 15) is 0 Å². The molecule has 0 N–H and O–H groups in total. The zero-order chi connectivity index (χ0) is 8.55. The molecule has 0 radical (unpaired) electrons. The van der Waals surface area contributed by atoms with Gasteiger partial charge in [-0.1, -0.05) is 26.7 Å². The third-order valence-electron chi connectivity index (χ3n) is 4.29. The Kier molecular flexibility index (Phi) is 2.43. The van der Waals surface area contributed by atoms with Crippen molar-refractivity contribution in [2.24, 2.45) is 23.7 Å². The summed E-state index contributed by atoms with van der Waals surface area (Å²) in [6, 6.07) is 0. The summed E-state index contributed by atoms with van der Waals surface area (Å²) in [6.45, 7) is 4.75. The summed E-state index contributed by atoms with van der Waals surface area (Å²) in [7, 11) is 0. The van der Waals surface area contributed by atoms with E-state index >= 15 is 0 Å². The second kappa shape index (κ2) is 3.40. The first-order chi connectivity index (χ1) is 5.79. The van der Waals surface area contributed by atoms with Crippen LogP contribution in [0.25, 0.3) is 0 Å². The molecule has 2 aliphatic rings. The Morgan fingerprint density at radius 3 is 2.58 bits per heavy atom. The van der Waals surface area contributed by atoms with E-state index in [0.29, 0.717) is 0 Å². The second-order valence-electron chi connectivity index (χ2n) is 5.18. The third-order valence-corrected chi connectivity index (χ3v) is 4.29. The van der Waals surface area contributed by atoms with Crippen LogP contribution in [-0.2, 0) is 0 Å². The minimum atomic E-state index is 0.981. The van der Waals surface area contributed by atoms with Gasteiger partial charge in [0.15, 0.2) is 0 Å². The van der Waals surface area contributed by atoms with E-state index in [2.05, 4.69) is 13.8 Å². The summed E-state index contributed by atoms with van der Waals surface area (Å²) in [6.07, 6.45) is 9.19. The monoisotopic (exact) mass is 166 g/mol. The van der Waals surface area contributed by atoms with Crippen LogP contribution in [0.2, 0.25) is 0 Å². The first-order valence-electron chi connectivity index (χ1n) is 5.79. The molecule has 0 spiro atoms. The van der Waals surface area contributed by atoms with Crippen LogP contribution in [0.4, 0.5) is 0 Å². The maximum absolute atomic E-state index is 2.42. The van der Waals surface area contributed by atoms with Gasteiger partial charge in [0.25, 0.3) is 0 Å². The van der Waals surface area contributed by atoms with Crippen LogP contribution < -0.4 is 0 Å². The second-order valence-corrected chi connectivity index (χ2v) is 5.18. The lowest BCUT2D eigenvalue weighted by molar-refractivity contribution is 0.272. The zero-order valence-electron chi connectivity index (χ0n) is 8.55. The van der Waals surface area contributed by atoms with E-state index in [1.165, 1.54) is 12.8 Å². The Balaban J connectivity index is 1.82. The molecule has 2 rings (SSSR count). The average molecular weight is 166 g/mol. The molecule has 0 nitrogen and oxygen atoms in total. The van der Waals surface area contributed by atoms with E-state index < -0.39 is 0 Å². The molecule has 4 atom stereocenters. The number of fused-ring (bicyclic) bond motifs is 2. The molecule has 4 unspecified atom stereocenters. The van der Waals surface area contributed by atoms with E-state index in [1.807, 2.05) is 0 Å². The quantitative estimate of drug-likeness (QED) is 0.597. The van der Waals surface area contributed by atoms with Gasteiger partial charge in [-0.3, -0.25) is 0 Å². The van der Waals surface area contributed by atoms with Gasteiger partial charge in [0.1, 0.15) is 0 Å². The maximum atomic E-state index is 2.42. The number of hydrogen-bond acceptors (Lipinski definition) is 0. The fourth-order valence-corrected chi connectivity index (χ4v) is 3.35. The van der Waals surface area contributed by atoms with Crippen molar-refractivity contribution < 1.29 is 0 Å². The van der Waals surface area contributed by atoms with Crippen molar-refractivity contribution >= 4 is 0 Å². The molecule has 0 amide bonds. The van der Waals surface area contributed by atoms with Crippen molar-refractivity contribution in [2.75, 3.05) is 0 Å². The highest BCUT2D eigenvalue weighted by molar-refractivity contribution is 4.90. The molecule has 2 aliphatic carbocycles. The smallest absolute Gasteiger partial charge is 0.0381 e. The van der Waals surface area contributed by atoms with Gasteiger partial charge in [0.2, 0.25) is 0 Å². The van der Waals surface area contributed by atoms with Crippen LogP contribution in [0.5, 0.6) is 0 Å². The molecule has 0 saturated heterocycles. The minimum absolute atomic E-state index is 0.981. The molecule has 0 aliphatic heterocycles. The highest BCUT2D eigenvalue weighted by Gasteiger charge is 2.39. The Bertz CT molecular complexity index is 150. The summed E-state index contributed by atoms with van der Waals surface area (Å²) in [4.78, 5) is 0. The highest BCUT2D eigenvalue weighted by atomic mass is 14.4. The van der Waals surface area contributed by atoms with Crippen molar-refractivity contribution in [2.45, 2.75) is 52.4 Å². The summed E-state index contributed by atoms with van der Waals surface area (Å²) in [5, 5.41) is 0. The normalized spacial score (nSPS) is 42.0. The van der Waals surface area contributed by atoms with Gasteiger partial charge in [-0.25, -0.2) is 0 Å². The van der Waals surface area contributed by atoms with Gasteiger partial charge in [-0.2, -0.15) is 0 Å². The topological polar surface area (TPSA) is 0 Å². The fraction of sp³-hybridized carbons (Fsp3) is 1.00. The van der Waals surface area contributed by atoms with Gasteiger partial charge in [-0.15, -0.1) is 0 Å². The molecule has 70 valence electrons. The van der Waals surface area contributed by atoms with Crippen molar-refractivity contribution in [3.63, 3.8) is 0 Å². The van der Waals surface area contributed by atoms with Crippen LogP contribution in [0.15, 0.2) is 0 Å². The van der Waals surface area contributed by atoms with E-state index in [4.69, 9.17) is 0 Å². The van der Waals surface area contributed by atoms with E-state index in [-0.39, 0.29) is 0 Å². The maximum Gasteiger partial charge on any atom is -0.0381 e. The van der Waals surface area contributed by atoms with Gasteiger partial charge >= 0.3 is 0 Å². The van der Waals surface area contributed by atoms with Crippen LogP contribution in [0.3, 0.4) is 0 Å². The summed E-state index contributed by atoms with van der Waals surface area (Å²) in [5.74, 6) is 4.39. The van der Waals surface area contributed by atoms with Crippen LogP contribution in [-0.4, -0.2) is 0 Å². The average Bonchev–Trinajstić information content (AvgIpc) is 2.64. The van der Waals surface area contributed by atoms with Crippen molar-refractivity contribution in [3.8, 4) is 0 Å². The summed E-state index contributed by atoms with van der Waals surface area (Å²) in [5.41, 5.74) is 0. The van der Waals surface area contributed by atoms with Crippen LogP contribution in [0.1, 0.15) is 52.4 Å². The Labute approximate surface area is 76.7 Å². The van der Waals surface area contributed by atoms with Crippen molar-refractivity contribution in [1.82, 2.24) is 0 Å². The number of hydrogen-bond donors (Lipinski definition) is 0.